The zero-order valence-electron chi connectivity index (χ0n) is 15.5. The van der Waals surface area contributed by atoms with Gasteiger partial charge in [-0.2, -0.15) is 0 Å². The minimum Gasteiger partial charge on any atom is -0.493 e. The van der Waals surface area contributed by atoms with Crippen molar-refractivity contribution in [3.05, 3.63) is 41.9 Å². The van der Waals surface area contributed by atoms with Crippen LogP contribution < -0.4 is 20.1 Å². The van der Waals surface area contributed by atoms with Crippen molar-refractivity contribution in [1.29, 1.82) is 0 Å². The number of nitrogens with one attached hydrogen (secondary N) is 2. The van der Waals surface area contributed by atoms with Crippen molar-refractivity contribution in [2.24, 2.45) is 0 Å². The Morgan fingerprint density at radius 2 is 2.07 bits per heavy atom. The molecular weight excluding hydrogens is 348 g/mol. The SMILES string of the molecule is COc1ccc(CNc2cnc(C(=O)NCC3CCCO3)cn2)cc1OC. The Labute approximate surface area is 158 Å². The molecule has 1 aromatic heterocycles. The first kappa shape index (κ1) is 18.9. The molecule has 3 rings (SSSR count). The summed E-state index contributed by atoms with van der Waals surface area (Å²) in [5, 5.41) is 6.00. The van der Waals surface area contributed by atoms with Gasteiger partial charge in [0.15, 0.2) is 11.5 Å². The fraction of sp³-hybridized carbons (Fsp3) is 0.421. The zero-order chi connectivity index (χ0) is 19.1. The van der Waals surface area contributed by atoms with Crippen LogP contribution in [0.15, 0.2) is 30.6 Å². The molecule has 1 fully saturated rings. The van der Waals surface area contributed by atoms with Gasteiger partial charge in [-0.1, -0.05) is 6.07 Å². The van der Waals surface area contributed by atoms with Crippen LogP contribution in [0.1, 0.15) is 28.9 Å². The highest BCUT2D eigenvalue weighted by Crippen LogP contribution is 2.27. The van der Waals surface area contributed by atoms with Crippen molar-refractivity contribution in [3.8, 4) is 11.5 Å². The van der Waals surface area contributed by atoms with Crippen LogP contribution in [0.4, 0.5) is 5.82 Å². The van der Waals surface area contributed by atoms with Gasteiger partial charge in [-0.3, -0.25) is 4.79 Å². The molecule has 1 atom stereocenters. The van der Waals surface area contributed by atoms with Crippen molar-refractivity contribution in [1.82, 2.24) is 15.3 Å². The van der Waals surface area contributed by atoms with Crippen LogP contribution >= 0.6 is 0 Å². The number of amides is 1. The second-order valence-corrected chi connectivity index (χ2v) is 6.17. The van der Waals surface area contributed by atoms with Gasteiger partial charge in [0, 0.05) is 19.7 Å². The van der Waals surface area contributed by atoms with Crippen LogP contribution in [0, 0.1) is 0 Å². The van der Waals surface area contributed by atoms with E-state index >= 15 is 0 Å². The highest BCUT2D eigenvalue weighted by molar-refractivity contribution is 5.92. The molecule has 2 aromatic rings. The van der Waals surface area contributed by atoms with E-state index in [1.165, 1.54) is 6.20 Å². The number of nitrogens with zero attached hydrogens (tertiary/aromatic N) is 2. The summed E-state index contributed by atoms with van der Waals surface area (Å²) >= 11 is 0. The van der Waals surface area contributed by atoms with E-state index in [1.807, 2.05) is 18.2 Å². The predicted octanol–water partition coefficient (Wildman–Crippen LogP) is 2.01. The second-order valence-electron chi connectivity index (χ2n) is 6.17. The Morgan fingerprint density at radius 3 is 2.74 bits per heavy atom. The van der Waals surface area contributed by atoms with Gasteiger partial charge in [0.05, 0.1) is 32.7 Å². The molecule has 27 heavy (non-hydrogen) atoms. The molecule has 1 unspecified atom stereocenters. The first-order chi connectivity index (χ1) is 13.2. The molecule has 0 bridgehead atoms. The molecular formula is C19H24N4O4. The number of hydrogen-bond donors (Lipinski definition) is 2. The number of carbonyl (C=O) groups is 1. The van der Waals surface area contributed by atoms with Gasteiger partial charge in [-0.15, -0.1) is 0 Å². The van der Waals surface area contributed by atoms with Crippen molar-refractivity contribution in [3.63, 3.8) is 0 Å². The fourth-order valence-corrected chi connectivity index (χ4v) is 2.82. The Kier molecular flexibility index (Phi) is 6.43. The zero-order valence-corrected chi connectivity index (χ0v) is 15.5. The summed E-state index contributed by atoms with van der Waals surface area (Å²) < 4.78 is 16.0. The lowest BCUT2D eigenvalue weighted by Crippen LogP contribution is -2.32. The van der Waals surface area contributed by atoms with Crippen LogP contribution in [0.5, 0.6) is 11.5 Å². The summed E-state index contributed by atoms with van der Waals surface area (Å²) in [5.41, 5.74) is 1.29. The monoisotopic (exact) mass is 372 g/mol. The summed E-state index contributed by atoms with van der Waals surface area (Å²) in [6.45, 7) is 1.81. The fourth-order valence-electron chi connectivity index (χ4n) is 2.82. The third kappa shape index (κ3) is 5.07. The molecule has 0 radical (unpaired) electrons. The Hall–Kier alpha value is -2.87. The van der Waals surface area contributed by atoms with E-state index in [1.54, 1.807) is 20.4 Å². The number of anilines is 1. The minimum atomic E-state index is -0.246. The lowest BCUT2D eigenvalue weighted by Gasteiger charge is -2.11. The molecule has 2 heterocycles. The highest BCUT2D eigenvalue weighted by Gasteiger charge is 2.17. The van der Waals surface area contributed by atoms with Crippen LogP contribution in [0.3, 0.4) is 0 Å². The normalized spacial score (nSPS) is 16.0. The van der Waals surface area contributed by atoms with E-state index in [-0.39, 0.29) is 17.7 Å². The van der Waals surface area contributed by atoms with Crippen molar-refractivity contribution >= 4 is 11.7 Å². The van der Waals surface area contributed by atoms with Crippen molar-refractivity contribution in [2.45, 2.75) is 25.5 Å². The van der Waals surface area contributed by atoms with Crippen LogP contribution in [-0.4, -0.2) is 49.4 Å². The van der Waals surface area contributed by atoms with E-state index < -0.39 is 0 Å². The number of rotatable bonds is 8. The molecule has 144 valence electrons. The van der Waals surface area contributed by atoms with E-state index in [2.05, 4.69) is 20.6 Å². The number of hydrogen-bond acceptors (Lipinski definition) is 7. The summed E-state index contributed by atoms with van der Waals surface area (Å²) in [5.74, 6) is 1.69. The van der Waals surface area contributed by atoms with Gasteiger partial charge in [0.2, 0.25) is 0 Å². The van der Waals surface area contributed by atoms with Crippen molar-refractivity contribution in [2.75, 3.05) is 32.7 Å². The molecule has 8 heteroatoms. The Morgan fingerprint density at radius 1 is 1.22 bits per heavy atom. The maximum Gasteiger partial charge on any atom is 0.271 e. The molecule has 1 saturated heterocycles. The van der Waals surface area contributed by atoms with E-state index in [4.69, 9.17) is 14.2 Å². The third-order valence-electron chi connectivity index (χ3n) is 4.32. The van der Waals surface area contributed by atoms with Gasteiger partial charge < -0.3 is 24.8 Å². The molecule has 2 N–H and O–H groups in total. The number of aromatic nitrogens is 2. The lowest BCUT2D eigenvalue weighted by atomic mass is 10.2. The summed E-state index contributed by atoms with van der Waals surface area (Å²) in [6.07, 6.45) is 5.12. The smallest absolute Gasteiger partial charge is 0.271 e. The van der Waals surface area contributed by atoms with E-state index in [9.17, 15) is 4.79 Å². The van der Waals surface area contributed by atoms with Crippen LogP contribution in [-0.2, 0) is 11.3 Å². The second kappa shape index (κ2) is 9.18. The standard InChI is InChI=1S/C19H24N4O4/c1-25-16-6-5-13(8-17(16)26-2)9-21-18-12-20-15(11-22-18)19(24)23-10-14-4-3-7-27-14/h5-6,8,11-12,14H,3-4,7,9-10H2,1-2H3,(H,21,22)(H,23,24). The largest absolute Gasteiger partial charge is 0.493 e. The van der Waals surface area contributed by atoms with Crippen LogP contribution in [0.25, 0.3) is 0 Å². The topological polar surface area (TPSA) is 94.6 Å². The molecule has 8 nitrogen and oxygen atoms in total. The summed E-state index contributed by atoms with van der Waals surface area (Å²) in [4.78, 5) is 20.5. The van der Waals surface area contributed by atoms with E-state index in [0.717, 1.165) is 25.0 Å². The summed E-state index contributed by atoms with van der Waals surface area (Å²) in [6, 6.07) is 5.68. The quantitative estimate of drug-likeness (QED) is 0.732. The number of carbonyl (C=O) groups excluding carboxylic acids is 1. The first-order valence-electron chi connectivity index (χ1n) is 8.86. The van der Waals surface area contributed by atoms with Crippen molar-refractivity contribution < 1.29 is 19.0 Å². The molecule has 0 aliphatic carbocycles. The molecule has 0 spiro atoms. The number of benzene rings is 1. The predicted molar refractivity (Wildman–Crippen MR) is 100 cm³/mol. The van der Waals surface area contributed by atoms with Gasteiger partial charge in [0.1, 0.15) is 11.5 Å². The van der Waals surface area contributed by atoms with Gasteiger partial charge in [0.25, 0.3) is 5.91 Å². The molecule has 1 aliphatic rings. The number of ether oxygens (including phenoxy) is 3. The maximum absolute atomic E-state index is 12.1. The average Bonchev–Trinajstić information content (AvgIpc) is 3.24. The Balaban J connectivity index is 1.52. The number of methoxy groups -OCH3 is 2. The van der Waals surface area contributed by atoms with Gasteiger partial charge >= 0.3 is 0 Å². The van der Waals surface area contributed by atoms with E-state index in [0.29, 0.717) is 30.4 Å². The molecule has 1 aromatic carbocycles. The van der Waals surface area contributed by atoms with Gasteiger partial charge in [-0.05, 0) is 30.5 Å². The Bertz CT molecular complexity index is 761. The van der Waals surface area contributed by atoms with Gasteiger partial charge in [-0.25, -0.2) is 9.97 Å². The first-order valence-corrected chi connectivity index (χ1v) is 8.86. The molecule has 1 aliphatic heterocycles. The molecule has 1 amide bonds. The maximum atomic E-state index is 12.1. The highest BCUT2D eigenvalue weighted by atomic mass is 16.5. The third-order valence-corrected chi connectivity index (χ3v) is 4.32. The molecule has 0 saturated carbocycles. The summed E-state index contributed by atoms with van der Waals surface area (Å²) in [7, 11) is 3.20. The van der Waals surface area contributed by atoms with Crippen LogP contribution in [0.2, 0.25) is 0 Å². The average molecular weight is 372 g/mol. The lowest BCUT2D eigenvalue weighted by molar-refractivity contribution is 0.0853. The minimum absolute atomic E-state index is 0.101.